The topological polar surface area (TPSA) is 105 Å². The van der Waals surface area contributed by atoms with Gasteiger partial charge < -0.3 is 9.47 Å². The fourth-order valence-corrected chi connectivity index (χ4v) is 3.48. The fourth-order valence-electron chi connectivity index (χ4n) is 2.72. The largest absolute Gasteiger partial charge is 0.341 e. The van der Waals surface area contributed by atoms with Gasteiger partial charge in [0.1, 0.15) is 12.2 Å². The molecule has 1 aliphatic carbocycles. The zero-order valence-corrected chi connectivity index (χ0v) is 14.3. The van der Waals surface area contributed by atoms with Crippen molar-refractivity contribution in [2.24, 2.45) is 0 Å². The lowest BCUT2D eigenvalue weighted by molar-refractivity contribution is -0.196. The van der Waals surface area contributed by atoms with Gasteiger partial charge in [0.2, 0.25) is 0 Å². The molecule has 0 radical (unpaired) electrons. The molecular formula is C12H22O8S2. The maximum Gasteiger partial charge on any atom is 0.264 e. The van der Waals surface area contributed by atoms with Gasteiger partial charge in [-0.25, -0.2) is 0 Å². The molecule has 1 saturated carbocycles. The molecule has 0 aromatic rings. The molecule has 0 amide bonds. The van der Waals surface area contributed by atoms with Gasteiger partial charge in [0.05, 0.1) is 25.7 Å². The average molecular weight is 358 g/mol. The van der Waals surface area contributed by atoms with E-state index in [-0.39, 0.29) is 13.2 Å². The summed E-state index contributed by atoms with van der Waals surface area (Å²) in [6.07, 6.45) is 4.88. The lowest BCUT2D eigenvalue weighted by Gasteiger charge is -2.31. The van der Waals surface area contributed by atoms with Crippen LogP contribution in [0.1, 0.15) is 32.1 Å². The van der Waals surface area contributed by atoms with E-state index in [0.717, 1.165) is 31.8 Å². The predicted octanol–water partition coefficient (Wildman–Crippen LogP) is 0.383. The quantitative estimate of drug-likeness (QED) is 0.628. The molecule has 0 aromatic heterocycles. The van der Waals surface area contributed by atoms with Gasteiger partial charge in [-0.3, -0.25) is 8.37 Å². The van der Waals surface area contributed by atoms with Gasteiger partial charge in [0.15, 0.2) is 5.79 Å². The zero-order chi connectivity index (χ0) is 16.4. The third-order valence-electron chi connectivity index (χ3n) is 3.66. The zero-order valence-electron chi connectivity index (χ0n) is 12.7. The van der Waals surface area contributed by atoms with E-state index < -0.39 is 38.2 Å². The van der Waals surface area contributed by atoms with Crippen molar-refractivity contribution in [2.75, 3.05) is 25.7 Å². The third-order valence-corrected chi connectivity index (χ3v) is 4.78. The highest BCUT2D eigenvalue weighted by Crippen LogP contribution is 2.40. The first-order chi connectivity index (χ1) is 10.1. The minimum absolute atomic E-state index is 0.224. The molecule has 1 aliphatic heterocycles. The summed E-state index contributed by atoms with van der Waals surface area (Å²) in [5.41, 5.74) is 0. The first-order valence-corrected chi connectivity index (χ1v) is 10.8. The van der Waals surface area contributed by atoms with Gasteiger partial charge in [0, 0.05) is 12.8 Å². The van der Waals surface area contributed by atoms with Crippen LogP contribution in [0.25, 0.3) is 0 Å². The molecule has 1 spiro atoms. The summed E-state index contributed by atoms with van der Waals surface area (Å²) in [4.78, 5) is 0. The van der Waals surface area contributed by atoms with Crippen molar-refractivity contribution in [3.8, 4) is 0 Å². The lowest BCUT2D eigenvalue weighted by atomic mass is 9.94. The summed E-state index contributed by atoms with van der Waals surface area (Å²) in [6.45, 7) is -0.448. The van der Waals surface area contributed by atoms with Gasteiger partial charge in [-0.15, -0.1) is 0 Å². The molecule has 2 aliphatic rings. The molecule has 0 N–H and O–H groups in total. The van der Waals surface area contributed by atoms with E-state index in [2.05, 4.69) is 0 Å². The van der Waals surface area contributed by atoms with Crippen molar-refractivity contribution in [2.45, 2.75) is 50.1 Å². The number of hydrogen-bond acceptors (Lipinski definition) is 8. The Kier molecular flexibility index (Phi) is 5.50. The van der Waals surface area contributed by atoms with E-state index in [1.807, 2.05) is 0 Å². The van der Waals surface area contributed by atoms with E-state index >= 15 is 0 Å². The standard InChI is InChI=1S/C12H22O8S2/c1-21(13,14)17-8-10-11(9-18-22(2,15)16)20-12(19-10)6-4-3-5-7-12/h10-11H,3-9H2,1-2H3. The maximum absolute atomic E-state index is 11.1. The Morgan fingerprint density at radius 2 is 1.27 bits per heavy atom. The van der Waals surface area contributed by atoms with Crippen LogP contribution in [0, 0.1) is 0 Å². The lowest BCUT2D eigenvalue weighted by Crippen LogP contribution is -2.34. The van der Waals surface area contributed by atoms with Crippen molar-refractivity contribution in [3.05, 3.63) is 0 Å². The van der Waals surface area contributed by atoms with Crippen LogP contribution >= 0.6 is 0 Å². The van der Waals surface area contributed by atoms with E-state index in [9.17, 15) is 16.8 Å². The summed E-state index contributed by atoms with van der Waals surface area (Å²) < 4.78 is 65.8. The minimum atomic E-state index is -3.62. The molecule has 1 heterocycles. The molecule has 0 aromatic carbocycles. The van der Waals surface area contributed by atoms with Crippen molar-refractivity contribution in [1.82, 2.24) is 0 Å². The molecule has 0 bridgehead atoms. The number of rotatable bonds is 6. The summed E-state index contributed by atoms with van der Waals surface area (Å²) in [6, 6.07) is 0. The summed E-state index contributed by atoms with van der Waals surface area (Å²) >= 11 is 0. The SMILES string of the molecule is CS(=O)(=O)OCC1OC2(CCCCC2)OC1COS(C)(=O)=O. The number of hydrogen-bond donors (Lipinski definition) is 0. The predicted molar refractivity (Wildman–Crippen MR) is 77.2 cm³/mol. The van der Waals surface area contributed by atoms with Crippen molar-refractivity contribution < 1.29 is 34.7 Å². The highest BCUT2D eigenvalue weighted by Gasteiger charge is 2.48. The molecule has 2 fully saturated rings. The smallest absolute Gasteiger partial charge is 0.264 e. The van der Waals surface area contributed by atoms with Gasteiger partial charge in [-0.1, -0.05) is 6.42 Å². The second kappa shape index (κ2) is 6.70. The third kappa shape index (κ3) is 5.43. The Labute approximate surface area is 131 Å². The van der Waals surface area contributed by atoms with Gasteiger partial charge in [-0.05, 0) is 12.8 Å². The average Bonchev–Trinajstić information content (AvgIpc) is 2.71. The molecule has 2 rings (SSSR count). The molecule has 2 unspecified atom stereocenters. The monoisotopic (exact) mass is 358 g/mol. The highest BCUT2D eigenvalue weighted by atomic mass is 32.2. The van der Waals surface area contributed by atoms with E-state index in [0.29, 0.717) is 12.8 Å². The highest BCUT2D eigenvalue weighted by molar-refractivity contribution is 7.86. The van der Waals surface area contributed by atoms with Gasteiger partial charge >= 0.3 is 0 Å². The van der Waals surface area contributed by atoms with E-state index in [1.54, 1.807) is 0 Å². The maximum atomic E-state index is 11.1. The Balaban J connectivity index is 2.04. The second-order valence-corrected chi connectivity index (χ2v) is 9.05. The van der Waals surface area contributed by atoms with Crippen LogP contribution in [-0.2, 0) is 38.1 Å². The van der Waals surface area contributed by atoms with Crippen LogP contribution in [0.15, 0.2) is 0 Å². The summed E-state index contributed by atoms with van der Waals surface area (Å²) in [5, 5.41) is 0. The van der Waals surface area contributed by atoms with Crippen LogP contribution in [0.5, 0.6) is 0 Å². The van der Waals surface area contributed by atoms with E-state index in [4.69, 9.17) is 17.8 Å². The van der Waals surface area contributed by atoms with Gasteiger partial charge in [-0.2, -0.15) is 16.8 Å². The van der Waals surface area contributed by atoms with Crippen LogP contribution in [-0.4, -0.2) is 60.6 Å². The molecule has 130 valence electrons. The fraction of sp³-hybridized carbons (Fsp3) is 1.00. The summed E-state index contributed by atoms with van der Waals surface area (Å²) in [5.74, 6) is -0.782. The van der Waals surface area contributed by atoms with Gasteiger partial charge in [0.25, 0.3) is 20.2 Å². The van der Waals surface area contributed by atoms with Crippen LogP contribution in [0.3, 0.4) is 0 Å². The van der Waals surface area contributed by atoms with Crippen LogP contribution in [0.2, 0.25) is 0 Å². The normalized spacial score (nSPS) is 29.0. The molecular weight excluding hydrogens is 336 g/mol. The minimum Gasteiger partial charge on any atom is -0.341 e. The second-order valence-electron chi connectivity index (χ2n) is 5.76. The van der Waals surface area contributed by atoms with E-state index in [1.165, 1.54) is 0 Å². The molecule has 22 heavy (non-hydrogen) atoms. The van der Waals surface area contributed by atoms with Crippen molar-refractivity contribution in [1.29, 1.82) is 0 Å². The first-order valence-electron chi connectivity index (χ1n) is 7.13. The Hall–Kier alpha value is -0.260. The van der Waals surface area contributed by atoms with Crippen molar-refractivity contribution >= 4 is 20.2 Å². The Bertz CT molecular complexity index is 530. The van der Waals surface area contributed by atoms with Crippen molar-refractivity contribution in [3.63, 3.8) is 0 Å². The summed E-state index contributed by atoms with van der Waals surface area (Å²) in [7, 11) is -7.23. The Morgan fingerprint density at radius 3 is 1.64 bits per heavy atom. The Morgan fingerprint density at radius 1 is 0.864 bits per heavy atom. The number of ether oxygens (including phenoxy) is 2. The molecule has 2 atom stereocenters. The van der Waals surface area contributed by atoms with Crippen LogP contribution < -0.4 is 0 Å². The molecule has 8 nitrogen and oxygen atoms in total. The molecule has 1 saturated heterocycles. The van der Waals surface area contributed by atoms with Crippen LogP contribution in [0.4, 0.5) is 0 Å². The first kappa shape index (κ1) is 18.1. The molecule has 10 heteroatoms.